The molecule has 0 saturated heterocycles. The zero-order chi connectivity index (χ0) is 13.9. The van der Waals surface area contributed by atoms with E-state index >= 15 is 0 Å². The van der Waals surface area contributed by atoms with E-state index in [9.17, 15) is 0 Å². The second kappa shape index (κ2) is 11.1. The summed E-state index contributed by atoms with van der Waals surface area (Å²) in [5, 5.41) is 0.339. The van der Waals surface area contributed by atoms with Crippen molar-refractivity contribution in [3.05, 3.63) is 0 Å². The van der Waals surface area contributed by atoms with E-state index in [2.05, 4.69) is 27.7 Å². The van der Waals surface area contributed by atoms with Gasteiger partial charge in [-0.05, 0) is 11.8 Å². The lowest BCUT2D eigenvalue weighted by molar-refractivity contribution is 0.364. The van der Waals surface area contributed by atoms with Gasteiger partial charge in [0.2, 0.25) is 0 Å². The molecule has 0 amide bonds. The molecule has 0 N–H and O–H groups in total. The van der Waals surface area contributed by atoms with Crippen LogP contribution in [-0.2, 0) is 0 Å². The third-order valence-electron chi connectivity index (χ3n) is 3.75. The lowest BCUT2D eigenvalue weighted by Gasteiger charge is -2.24. The van der Waals surface area contributed by atoms with Gasteiger partial charge in [-0.15, -0.1) is 11.6 Å². The first kappa shape index (κ1) is 18.3. The van der Waals surface area contributed by atoms with Gasteiger partial charge in [0.1, 0.15) is 0 Å². The highest BCUT2D eigenvalue weighted by Gasteiger charge is 2.21. The first-order valence-electron chi connectivity index (χ1n) is 8.12. The molecule has 0 aromatic rings. The molecular formula is C17H35Cl. The third kappa shape index (κ3) is 11.4. The highest BCUT2D eigenvalue weighted by Crippen LogP contribution is 2.28. The molecule has 0 bridgehead atoms. The second-order valence-corrected chi connectivity index (χ2v) is 7.33. The highest BCUT2D eigenvalue weighted by molar-refractivity contribution is 6.21. The Morgan fingerprint density at radius 2 is 1.11 bits per heavy atom. The van der Waals surface area contributed by atoms with E-state index in [0.29, 0.717) is 5.38 Å². The number of alkyl halides is 1. The molecule has 0 saturated carbocycles. The molecule has 1 heteroatoms. The van der Waals surface area contributed by atoms with Crippen LogP contribution >= 0.6 is 11.6 Å². The van der Waals surface area contributed by atoms with Crippen LogP contribution in [0.2, 0.25) is 0 Å². The summed E-state index contributed by atoms with van der Waals surface area (Å²) in [6, 6.07) is 0. The van der Waals surface area contributed by atoms with Crippen molar-refractivity contribution in [1.29, 1.82) is 0 Å². The van der Waals surface area contributed by atoms with Crippen LogP contribution in [0.25, 0.3) is 0 Å². The van der Waals surface area contributed by atoms with Crippen LogP contribution in [0.5, 0.6) is 0 Å². The van der Waals surface area contributed by atoms with Gasteiger partial charge in [-0.3, -0.25) is 0 Å². The van der Waals surface area contributed by atoms with Crippen LogP contribution in [0.4, 0.5) is 0 Å². The Morgan fingerprint density at radius 3 is 1.50 bits per heavy atom. The topological polar surface area (TPSA) is 0 Å². The van der Waals surface area contributed by atoms with Crippen LogP contribution in [0.1, 0.15) is 98.3 Å². The summed E-state index contributed by atoms with van der Waals surface area (Å²) in [5.74, 6) is 0. The van der Waals surface area contributed by atoms with Gasteiger partial charge in [0.15, 0.2) is 0 Å². The predicted molar refractivity (Wildman–Crippen MR) is 85.6 cm³/mol. The van der Waals surface area contributed by atoms with Crippen molar-refractivity contribution in [2.24, 2.45) is 5.41 Å². The molecule has 0 nitrogen and oxygen atoms in total. The van der Waals surface area contributed by atoms with Gasteiger partial charge in [-0.2, -0.15) is 0 Å². The molecule has 0 fully saturated rings. The van der Waals surface area contributed by atoms with Crippen molar-refractivity contribution < 1.29 is 0 Å². The molecule has 0 radical (unpaired) electrons. The molecule has 0 aliphatic carbocycles. The molecule has 0 aliphatic rings. The van der Waals surface area contributed by atoms with Crippen LogP contribution in [0.15, 0.2) is 0 Å². The molecule has 18 heavy (non-hydrogen) atoms. The molecule has 0 rings (SSSR count). The number of hydrogen-bond acceptors (Lipinski definition) is 0. The fourth-order valence-electron chi connectivity index (χ4n) is 2.24. The number of halogens is 1. The third-order valence-corrected chi connectivity index (χ3v) is 4.62. The summed E-state index contributed by atoms with van der Waals surface area (Å²) in [5.41, 5.74) is 0.265. The van der Waals surface area contributed by atoms with Gasteiger partial charge < -0.3 is 0 Å². The zero-order valence-electron chi connectivity index (χ0n) is 13.2. The van der Waals surface area contributed by atoms with E-state index in [-0.39, 0.29) is 5.41 Å². The van der Waals surface area contributed by atoms with Crippen molar-refractivity contribution in [1.82, 2.24) is 0 Å². The molecule has 110 valence electrons. The summed E-state index contributed by atoms with van der Waals surface area (Å²) in [6.07, 6.45) is 15.2. The second-order valence-electron chi connectivity index (χ2n) is 6.80. The molecule has 1 atom stereocenters. The molecule has 1 unspecified atom stereocenters. The average Bonchev–Trinajstić information content (AvgIpc) is 2.30. The van der Waals surface area contributed by atoms with Crippen molar-refractivity contribution in [2.75, 3.05) is 0 Å². The molecule has 0 heterocycles. The van der Waals surface area contributed by atoms with Crippen LogP contribution in [0, 0.1) is 5.41 Å². The largest absolute Gasteiger partial charge is 0.122 e. The summed E-state index contributed by atoms with van der Waals surface area (Å²) in [7, 11) is 0. The minimum atomic E-state index is 0.265. The normalized spacial score (nSPS) is 13.8. The first-order chi connectivity index (χ1) is 8.48. The Morgan fingerprint density at radius 1 is 0.722 bits per heavy atom. The van der Waals surface area contributed by atoms with Gasteiger partial charge in [-0.1, -0.05) is 91.9 Å². The maximum atomic E-state index is 6.37. The monoisotopic (exact) mass is 274 g/mol. The minimum absolute atomic E-state index is 0.265. The van der Waals surface area contributed by atoms with E-state index in [1.165, 1.54) is 70.6 Å². The highest BCUT2D eigenvalue weighted by atomic mass is 35.5. The standard InChI is InChI=1S/C17H35Cl/c1-5-6-7-8-9-10-11-12-13-14-15-16(18)17(2,3)4/h16H,5-15H2,1-4H3. The van der Waals surface area contributed by atoms with Crippen molar-refractivity contribution >= 4 is 11.6 Å². The molecule has 0 aromatic heterocycles. The maximum Gasteiger partial charge on any atom is 0.0384 e. The number of unbranched alkanes of at least 4 members (excludes halogenated alkanes) is 9. The van der Waals surface area contributed by atoms with E-state index in [0.717, 1.165) is 0 Å². The van der Waals surface area contributed by atoms with Gasteiger partial charge in [0, 0.05) is 5.38 Å². The lowest BCUT2D eigenvalue weighted by atomic mass is 9.88. The Hall–Kier alpha value is 0.290. The SMILES string of the molecule is CCCCCCCCCCCCC(Cl)C(C)(C)C. The average molecular weight is 275 g/mol. The Bertz CT molecular complexity index is 169. The van der Waals surface area contributed by atoms with Crippen LogP contribution in [0.3, 0.4) is 0 Å². The van der Waals surface area contributed by atoms with Crippen molar-refractivity contribution in [2.45, 2.75) is 104 Å². The molecule has 0 aliphatic heterocycles. The van der Waals surface area contributed by atoms with Gasteiger partial charge in [0.05, 0.1) is 0 Å². The molecule has 0 aromatic carbocycles. The quantitative estimate of drug-likeness (QED) is 0.282. The number of hydrogen-bond donors (Lipinski definition) is 0. The predicted octanol–water partition coefficient (Wildman–Crippen LogP) is 6.95. The van der Waals surface area contributed by atoms with Crippen LogP contribution < -0.4 is 0 Å². The van der Waals surface area contributed by atoms with E-state index in [4.69, 9.17) is 11.6 Å². The Balaban J connectivity index is 3.17. The summed E-state index contributed by atoms with van der Waals surface area (Å²) in [4.78, 5) is 0. The summed E-state index contributed by atoms with van der Waals surface area (Å²) in [6.45, 7) is 8.99. The van der Waals surface area contributed by atoms with Crippen LogP contribution in [-0.4, -0.2) is 5.38 Å². The van der Waals surface area contributed by atoms with Gasteiger partial charge in [-0.25, -0.2) is 0 Å². The Kier molecular flexibility index (Phi) is 11.3. The van der Waals surface area contributed by atoms with Crippen molar-refractivity contribution in [3.8, 4) is 0 Å². The number of rotatable bonds is 11. The van der Waals surface area contributed by atoms with E-state index < -0.39 is 0 Å². The summed E-state index contributed by atoms with van der Waals surface area (Å²) >= 11 is 6.37. The zero-order valence-corrected chi connectivity index (χ0v) is 14.0. The van der Waals surface area contributed by atoms with E-state index in [1.807, 2.05) is 0 Å². The maximum absolute atomic E-state index is 6.37. The van der Waals surface area contributed by atoms with Gasteiger partial charge >= 0.3 is 0 Å². The fourth-order valence-corrected chi connectivity index (χ4v) is 2.40. The Labute approximate surface area is 121 Å². The molecular weight excluding hydrogens is 240 g/mol. The lowest BCUT2D eigenvalue weighted by Crippen LogP contribution is -2.20. The van der Waals surface area contributed by atoms with Gasteiger partial charge in [0.25, 0.3) is 0 Å². The summed E-state index contributed by atoms with van der Waals surface area (Å²) < 4.78 is 0. The van der Waals surface area contributed by atoms with E-state index in [1.54, 1.807) is 0 Å². The minimum Gasteiger partial charge on any atom is -0.122 e. The smallest absolute Gasteiger partial charge is 0.0384 e. The van der Waals surface area contributed by atoms with Crippen molar-refractivity contribution in [3.63, 3.8) is 0 Å². The molecule has 0 spiro atoms. The fraction of sp³-hybridized carbons (Fsp3) is 1.00. The first-order valence-corrected chi connectivity index (χ1v) is 8.56.